The van der Waals surface area contributed by atoms with Crippen molar-refractivity contribution in [2.45, 2.75) is 6.42 Å². The molecule has 0 amide bonds. The summed E-state index contributed by atoms with van der Waals surface area (Å²) in [5, 5.41) is 7.69. The monoisotopic (exact) mass is 233 g/mol. The number of benzene rings is 2. The van der Waals surface area contributed by atoms with E-state index in [0.717, 1.165) is 12.1 Å². The molecule has 1 aromatic heterocycles. The zero-order valence-corrected chi connectivity index (χ0v) is 9.74. The molecule has 86 valence electrons. The predicted molar refractivity (Wildman–Crippen MR) is 69.6 cm³/mol. The van der Waals surface area contributed by atoms with Crippen LogP contribution < -0.4 is 0 Å². The second kappa shape index (κ2) is 3.53. The molecule has 0 unspecified atom stereocenters. The lowest BCUT2D eigenvalue weighted by Gasteiger charge is -2.05. The van der Waals surface area contributed by atoms with Crippen LogP contribution in [-0.2, 0) is 6.42 Å². The Labute approximate surface area is 105 Å². The Bertz CT molecular complexity index is 714. The number of aromatic nitrogens is 3. The molecule has 3 nitrogen and oxygen atoms in total. The van der Waals surface area contributed by atoms with Crippen LogP contribution in [0.5, 0.6) is 0 Å². The Kier molecular flexibility index (Phi) is 1.88. The molecule has 0 bridgehead atoms. The van der Waals surface area contributed by atoms with Gasteiger partial charge in [0.1, 0.15) is 12.7 Å². The first-order valence-electron chi connectivity index (χ1n) is 5.98. The van der Waals surface area contributed by atoms with Crippen LogP contribution in [-0.4, -0.2) is 14.8 Å². The fourth-order valence-corrected chi connectivity index (χ4v) is 2.63. The van der Waals surface area contributed by atoms with Crippen molar-refractivity contribution < 1.29 is 0 Å². The third kappa shape index (κ3) is 1.31. The maximum absolute atomic E-state index is 3.84. The summed E-state index contributed by atoms with van der Waals surface area (Å²) in [5.74, 6) is 0. The number of rotatable bonds is 1. The molecular weight excluding hydrogens is 222 g/mol. The van der Waals surface area contributed by atoms with Gasteiger partial charge in [-0.1, -0.05) is 30.3 Å². The van der Waals surface area contributed by atoms with Crippen molar-refractivity contribution >= 4 is 0 Å². The quantitative estimate of drug-likeness (QED) is 0.506. The van der Waals surface area contributed by atoms with Crippen LogP contribution in [0.15, 0.2) is 55.1 Å². The minimum absolute atomic E-state index is 1.02. The molecule has 0 saturated carbocycles. The van der Waals surface area contributed by atoms with Crippen molar-refractivity contribution in [2.24, 2.45) is 0 Å². The van der Waals surface area contributed by atoms with Crippen molar-refractivity contribution in [2.75, 3.05) is 0 Å². The summed E-state index contributed by atoms with van der Waals surface area (Å²) in [6.45, 7) is 0. The first-order chi connectivity index (χ1) is 8.92. The molecule has 4 rings (SSSR count). The van der Waals surface area contributed by atoms with Gasteiger partial charge in [0.25, 0.3) is 0 Å². The smallest absolute Gasteiger partial charge is 0.123 e. The van der Waals surface area contributed by atoms with E-state index in [-0.39, 0.29) is 0 Å². The highest BCUT2D eigenvalue weighted by Crippen LogP contribution is 2.37. The molecule has 2 aromatic carbocycles. The molecule has 0 aliphatic heterocycles. The van der Waals surface area contributed by atoms with E-state index in [2.05, 4.69) is 52.7 Å². The average molecular weight is 233 g/mol. The Hall–Kier alpha value is -2.42. The van der Waals surface area contributed by atoms with E-state index in [4.69, 9.17) is 0 Å². The molecular formula is C15H11N3. The van der Waals surface area contributed by atoms with Gasteiger partial charge in [-0.3, -0.25) is 4.57 Å². The van der Waals surface area contributed by atoms with E-state index in [0.29, 0.717) is 0 Å². The van der Waals surface area contributed by atoms with Gasteiger partial charge in [0.05, 0.1) is 0 Å². The van der Waals surface area contributed by atoms with Gasteiger partial charge in [0.15, 0.2) is 0 Å². The van der Waals surface area contributed by atoms with E-state index in [1.165, 1.54) is 22.3 Å². The van der Waals surface area contributed by atoms with Crippen LogP contribution >= 0.6 is 0 Å². The van der Waals surface area contributed by atoms with Gasteiger partial charge >= 0.3 is 0 Å². The standard InChI is InChI=1S/C15H11N3/c1-2-4-14-11(3-1)7-12-8-13(5-6-15(12)14)18-9-16-17-10-18/h1-6,8-10H,7H2. The normalized spacial score (nSPS) is 12.2. The van der Waals surface area contributed by atoms with Crippen molar-refractivity contribution in [3.8, 4) is 16.8 Å². The molecule has 0 radical (unpaired) electrons. The second-order valence-electron chi connectivity index (χ2n) is 4.54. The van der Waals surface area contributed by atoms with Crippen LogP contribution in [0.25, 0.3) is 16.8 Å². The van der Waals surface area contributed by atoms with Crippen molar-refractivity contribution in [1.29, 1.82) is 0 Å². The SMILES string of the molecule is c1ccc2c(c1)Cc1cc(-n3cnnc3)ccc1-2. The lowest BCUT2D eigenvalue weighted by atomic mass is 10.1. The molecule has 3 aromatic rings. The van der Waals surface area contributed by atoms with E-state index in [1.807, 2.05) is 4.57 Å². The highest BCUT2D eigenvalue weighted by atomic mass is 15.2. The Morgan fingerprint density at radius 3 is 2.50 bits per heavy atom. The summed E-state index contributed by atoms with van der Waals surface area (Å²) in [7, 11) is 0. The summed E-state index contributed by atoms with van der Waals surface area (Å²) in [5.41, 5.74) is 6.62. The lowest BCUT2D eigenvalue weighted by Crippen LogP contribution is -1.91. The van der Waals surface area contributed by atoms with Gasteiger partial charge in [0, 0.05) is 5.69 Å². The molecule has 0 saturated heterocycles. The average Bonchev–Trinajstić information content (AvgIpc) is 3.05. The third-order valence-corrected chi connectivity index (χ3v) is 3.49. The predicted octanol–water partition coefficient (Wildman–Crippen LogP) is 2.84. The van der Waals surface area contributed by atoms with Crippen LogP contribution in [0.2, 0.25) is 0 Å². The molecule has 1 heterocycles. The van der Waals surface area contributed by atoms with Gasteiger partial charge in [-0.05, 0) is 40.8 Å². The minimum atomic E-state index is 1.02. The van der Waals surface area contributed by atoms with Gasteiger partial charge in [-0.25, -0.2) is 0 Å². The lowest BCUT2D eigenvalue weighted by molar-refractivity contribution is 1.05. The van der Waals surface area contributed by atoms with Gasteiger partial charge in [-0.15, -0.1) is 10.2 Å². The Morgan fingerprint density at radius 2 is 1.61 bits per heavy atom. The fourth-order valence-electron chi connectivity index (χ4n) is 2.63. The first-order valence-corrected chi connectivity index (χ1v) is 5.98. The highest BCUT2D eigenvalue weighted by molar-refractivity contribution is 5.77. The topological polar surface area (TPSA) is 30.7 Å². The first kappa shape index (κ1) is 9.59. The van der Waals surface area contributed by atoms with E-state index in [1.54, 1.807) is 12.7 Å². The maximum atomic E-state index is 3.84. The van der Waals surface area contributed by atoms with Crippen molar-refractivity contribution in [1.82, 2.24) is 14.8 Å². The maximum Gasteiger partial charge on any atom is 0.123 e. The summed E-state index contributed by atoms with van der Waals surface area (Å²) in [6.07, 6.45) is 4.47. The molecule has 0 N–H and O–H groups in total. The van der Waals surface area contributed by atoms with E-state index in [9.17, 15) is 0 Å². The summed E-state index contributed by atoms with van der Waals surface area (Å²) in [4.78, 5) is 0. The number of hydrogen-bond acceptors (Lipinski definition) is 2. The number of hydrogen-bond donors (Lipinski definition) is 0. The summed E-state index contributed by atoms with van der Waals surface area (Å²) in [6, 6.07) is 15.1. The van der Waals surface area contributed by atoms with Crippen molar-refractivity contribution in [3.63, 3.8) is 0 Å². The zero-order valence-electron chi connectivity index (χ0n) is 9.74. The fraction of sp³-hybridized carbons (Fsp3) is 0.0667. The van der Waals surface area contributed by atoms with Crippen molar-refractivity contribution in [3.05, 3.63) is 66.2 Å². The number of nitrogens with zero attached hydrogens (tertiary/aromatic N) is 3. The molecule has 0 spiro atoms. The highest BCUT2D eigenvalue weighted by Gasteiger charge is 2.17. The molecule has 18 heavy (non-hydrogen) atoms. The van der Waals surface area contributed by atoms with Crippen LogP contribution in [0.4, 0.5) is 0 Å². The molecule has 0 fully saturated rings. The van der Waals surface area contributed by atoms with Gasteiger partial charge in [0.2, 0.25) is 0 Å². The molecule has 1 aliphatic carbocycles. The van der Waals surface area contributed by atoms with Gasteiger partial charge in [-0.2, -0.15) is 0 Å². The molecule has 1 aliphatic rings. The van der Waals surface area contributed by atoms with Crippen LogP contribution in [0.1, 0.15) is 11.1 Å². The van der Waals surface area contributed by atoms with Gasteiger partial charge < -0.3 is 0 Å². The summed E-state index contributed by atoms with van der Waals surface area (Å²) >= 11 is 0. The zero-order chi connectivity index (χ0) is 11.9. The summed E-state index contributed by atoms with van der Waals surface area (Å²) < 4.78 is 1.93. The third-order valence-electron chi connectivity index (χ3n) is 3.49. The van der Waals surface area contributed by atoms with Crippen LogP contribution in [0.3, 0.4) is 0 Å². The molecule has 3 heteroatoms. The van der Waals surface area contributed by atoms with E-state index >= 15 is 0 Å². The second-order valence-corrected chi connectivity index (χ2v) is 4.54. The van der Waals surface area contributed by atoms with Crippen LogP contribution in [0, 0.1) is 0 Å². The Morgan fingerprint density at radius 1 is 0.833 bits per heavy atom. The molecule has 0 atom stereocenters. The Balaban J connectivity index is 1.87. The largest absolute Gasteiger partial charge is 0.288 e. The minimum Gasteiger partial charge on any atom is -0.288 e. The number of fused-ring (bicyclic) bond motifs is 3. The van der Waals surface area contributed by atoms with E-state index < -0.39 is 0 Å².